The number of hydrogen-bond donors (Lipinski definition) is 1. The lowest BCUT2D eigenvalue weighted by atomic mass is 10.0. The second-order valence-electron chi connectivity index (χ2n) is 5.18. The molecule has 4 nitrogen and oxygen atoms in total. The normalized spacial score (nSPS) is 12.7. The van der Waals surface area contributed by atoms with Crippen molar-refractivity contribution in [2.45, 2.75) is 32.9 Å². The molecule has 2 aromatic rings. The van der Waals surface area contributed by atoms with Gasteiger partial charge in [-0.05, 0) is 38.1 Å². The summed E-state index contributed by atoms with van der Waals surface area (Å²) in [6.07, 6.45) is 1.79. The van der Waals surface area contributed by atoms with Gasteiger partial charge in [0.2, 0.25) is 0 Å². The molecule has 0 amide bonds. The van der Waals surface area contributed by atoms with Crippen molar-refractivity contribution in [2.24, 2.45) is 0 Å². The minimum Gasteiger partial charge on any atom is -0.493 e. The fourth-order valence-electron chi connectivity index (χ4n) is 2.46. The molecule has 21 heavy (non-hydrogen) atoms. The van der Waals surface area contributed by atoms with Crippen molar-refractivity contribution in [1.29, 1.82) is 0 Å². The van der Waals surface area contributed by atoms with Crippen molar-refractivity contribution in [3.05, 3.63) is 46.2 Å². The number of aromatic nitrogens is 2. The van der Waals surface area contributed by atoms with E-state index in [0.29, 0.717) is 0 Å². The van der Waals surface area contributed by atoms with Crippen LogP contribution in [-0.2, 0) is 0 Å². The number of benzene rings is 1. The van der Waals surface area contributed by atoms with Gasteiger partial charge in [0.05, 0.1) is 19.3 Å². The maximum Gasteiger partial charge on any atom is 0.161 e. The van der Waals surface area contributed by atoms with Gasteiger partial charge in [0.1, 0.15) is 5.69 Å². The first-order valence-corrected chi connectivity index (χ1v) is 7.98. The van der Waals surface area contributed by atoms with Gasteiger partial charge in [-0.15, -0.1) is 0 Å². The first-order chi connectivity index (χ1) is 10.1. The van der Waals surface area contributed by atoms with Gasteiger partial charge in [-0.1, -0.05) is 35.0 Å². The third-order valence-electron chi connectivity index (χ3n) is 3.37. The Hall–Kier alpha value is -1.33. The van der Waals surface area contributed by atoms with Crippen LogP contribution in [-0.4, -0.2) is 23.4 Å². The number of rotatable bonds is 6. The van der Waals surface area contributed by atoms with Crippen LogP contribution in [0.2, 0.25) is 0 Å². The molecule has 1 heterocycles. The number of methoxy groups -OCH3 is 1. The summed E-state index contributed by atoms with van der Waals surface area (Å²) in [4.78, 5) is 0. The minimum atomic E-state index is 0.0485. The van der Waals surface area contributed by atoms with E-state index in [0.717, 1.165) is 22.5 Å². The van der Waals surface area contributed by atoms with Crippen LogP contribution >= 0.6 is 15.9 Å². The fourth-order valence-corrected chi connectivity index (χ4v) is 2.88. The predicted molar refractivity (Wildman–Crippen MR) is 88.8 cm³/mol. The quantitative estimate of drug-likeness (QED) is 0.856. The van der Waals surface area contributed by atoms with Crippen LogP contribution < -0.4 is 10.1 Å². The predicted octanol–water partition coefficient (Wildman–Crippen LogP) is 3.93. The largest absolute Gasteiger partial charge is 0.493 e. The molecule has 5 heteroatoms. The van der Waals surface area contributed by atoms with E-state index >= 15 is 0 Å². The molecule has 0 aliphatic rings. The van der Waals surface area contributed by atoms with Gasteiger partial charge >= 0.3 is 0 Å². The first kappa shape index (κ1) is 16.0. The van der Waals surface area contributed by atoms with Gasteiger partial charge in [-0.2, -0.15) is 5.10 Å². The molecular formula is C16H22BrN3O. The smallest absolute Gasteiger partial charge is 0.161 e. The molecule has 2 rings (SSSR count). The Morgan fingerprint density at radius 3 is 2.71 bits per heavy atom. The van der Waals surface area contributed by atoms with E-state index in [1.165, 1.54) is 5.56 Å². The summed E-state index contributed by atoms with van der Waals surface area (Å²) in [5.74, 6) is 0.814. The molecule has 0 fully saturated rings. The van der Waals surface area contributed by atoms with Gasteiger partial charge in [0, 0.05) is 10.5 Å². The number of hydrogen-bond acceptors (Lipinski definition) is 3. The van der Waals surface area contributed by atoms with Gasteiger partial charge in [-0.3, -0.25) is 4.68 Å². The topological polar surface area (TPSA) is 39.1 Å². The highest BCUT2D eigenvalue weighted by Gasteiger charge is 2.24. The zero-order valence-electron chi connectivity index (χ0n) is 12.9. The molecule has 0 spiro atoms. The summed E-state index contributed by atoms with van der Waals surface area (Å²) in [6.45, 7) is 7.22. The molecular weight excluding hydrogens is 330 g/mol. The molecule has 1 unspecified atom stereocenters. The van der Waals surface area contributed by atoms with Crippen LogP contribution in [0, 0.1) is 0 Å². The van der Waals surface area contributed by atoms with Crippen molar-refractivity contribution in [3.8, 4) is 5.75 Å². The Labute approximate surface area is 134 Å². The number of ether oxygens (including phenoxy) is 1. The van der Waals surface area contributed by atoms with E-state index in [1.54, 1.807) is 13.3 Å². The van der Waals surface area contributed by atoms with E-state index in [1.807, 2.05) is 16.8 Å². The average molecular weight is 352 g/mol. The van der Waals surface area contributed by atoms with Crippen LogP contribution in [0.5, 0.6) is 5.75 Å². The molecule has 0 radical (unpaired) electrons. The molecule has 0 bridgehead atoms. The van der Waals surface area contributed by atoms with E-state index in [-0.39, 0.29) is 12.1 Å². The fraction of sp³-hybridized carbons (Fsp3) is 0.438. The summed E-state index contributed by atoms with van der Waals surface area (Å²) < 4.78 is 8.61. The summed E-state index contributed by atoms with van der Waals surface area (Å²) in [6, 6.07) is 8.65. The zero-order valence-corrected chi connectivity index (χ0v) is 14.5. The third-order valence-corrected chi connectivity index (χ3v) is 3.86. The number of nitrogens with zero attached hydrogens (tertiary/aromatic N) is 2. The molecule has 1 aromatic heterocycles. The highest BCUT2D eigenvalue weighted by Crippen LogP contribution is 2.32. The van der Waals surface area contributed by atoms with E-state index in [4.69, 9.17) is 4.74 Å². The zero-order chi connectivity index (χ0) is 15.4. The Bertz CT molecular complexity index is 595. The Kier molecular flexibility index (Phi) is 5.42. The van der Waals surface area contributed by atoms with Gasteiger partial charge < -0.3 is 10.1 Å². The Morgan fingerprint density at radius 2 is 2.14 bits per heavy atom. The molecule has 1 aromatic carbocycles. The molecule has 1 atom stereocenters. The maximum atomic E-state index is 5.52. The highest BCUT2D eigenvalue weighted by molar-refractivity contribution is 9.10. The van der Waals surface area contributed by atoms with Crippen LogP contribution in [0.25, 0.3) is 0 Å². The lowest BCUT2D eigenvalue weighted by Crippen LogP contribution is -2.26. The number of halogens is 1. The van der Waals surface area contributed by atoms with Crippen LogP contribution in [0.1, 0.15) is 44.1 Å². The van der Waals surface area contributed by atoms with Crippen LogP contribution in [0.3, 0.4) is 0 Å². The van der Waals surface area contributed by atoms with Gasteiger partial charge in [0.15, 0.2) is 5.75 Å². The van der Waals surface area contributed by atoms with Crippen LogP contribution in [0.4, 0.5) is 0 Å². The van der Waals surface area contributed by atoms with Crippen LogP contribution in [0.15, 0.2) is 34.9 Å². The summed E-state index contributed by atoms with van der Waals surface area (Å²) in [7, 11) is 1.69. The van der Waals surface area contributed by atoms with Crippen molar-refractivity contribution in [1.82, 2.24) is 15.1 Å². The maximum absolute atomic E-state index is 5.52. The summed E-state index contributed by atoms with van der Waals surface area (Å²) in [5, 5.41) is 8.01. The minimum absolute atomic E-state index is 0.0485. The lowest BCUT2D eigenvalue weighted by molar-refractivity contribution is 0.394. The molecule has 0 aliphatic carbocycles. The van der Waals surface area contributed by atoms with Crippen molar-refractivity contribution in [2.75, 3.05) is 13.7 Å². The second kappa shape index (κ2) is 7.09. The average Bonchev–Trinajstić information content (AvgIpc) is 2.88. The van der Waals surface area contributed by atoms with Crippen molar-refractivity contribution < 1.29 is 4.74 Å². The second-order valence-corrected chi connectivity index (χ2v) is 6.10. The SMILES string of the molecule is CCNC(c1cccc(Br)c1)c1c(OC)cnn1C(C)C. The first-order valence-electron chi connectivity index (χ1n) is 7.18. The summed E-state index contributed by atoms with van der Waals surface area (Å²) in [5.41, 5.74) is 2.25. The van der Waals surface area contributed by atoms with Crippen molar-refractivity contribution >= 4 is 15.9 Å². The molecule has 0 saturated carbocycles. The molecule has 0 aliphatic heterocycles. The van der Waals surface area contributed by atoms with E-state index in [9.17, 15) is 0 Å². The van der Waals surface area contributed by atoms with E-state index < -0.39 is 0 Å². The summed E-state index contributed by atoms with van der Waals surface area (Å²) >= 11 is 3.55. The van der Waals surface area contributed by atoms with Gasteiger partial charge in [0.25, 0.3) is 0 Å². The molecule has 1 N–H and O–H groups in total. The monoisotopic (exact) mass is 351 g/mol. The molecule has 0 saturated heterocycles. The Morgan fingerprint density at radius 1 is 1.38 bits per heavy atom. The number of nitrogens with one attached hydrogen (secondary N) is 1. The standard InChI is InChI=1S/C16H22BrN3O/c1-5-18-15(12-7-6-8-13(17)9-12)16-14(21-4)10-19-20(16)11(2)3/h6-11,15,18H,5H2,1-4H3. The van der Waals surface area contributed by atoms with E-state index in [2.05, 4.69) is 59.2 Å². The van der Waals surface area contributed by atoms with Gasteiger partial charge in [-0.25, -0.2) is 0 Å². The molecule has 114 valence electrons. The Balaban J connectivity index is 2.54. The highest BCUT2D eigenvalue weighted by atomic mass is 79.9. The lowest BCUT2D eigenvalue weighted by Gasteiger charge is -2.22. The van der Waals surface area contributed by atoms with Crippen molar-refractivity contribution in [3.63, 3.8) is 0 Å². The third kappa shape index (κ3) is 3.47.